The third-order valence-corrected chi connectivity index (χ3v) is 2.54. The lowest BCUT2D eigenvalue weighted by Crippen LogP contribution is -1.90. The van der Waals surface area contributed by atoms with Crippen LogP contribution in [0.4, 0.5) is 5.00 Å². The summed E-state index contributed by atoms with van der Waals surface area (Å²) in [7, 11) is 0. The Morgan fingerprint density at radius 2 is 2.40 bits per heavy atom. The molecular formula is C10H13N3OS. The summed E-state index contributed by atoms with van der Waals surface area (Å²) >= 11 is 1.23. The van der Waals surface area contributed by atoms with Crippen LogP contribution in [0.5, 0.6) is 0 Å². The lowest BCUT2D eigenvalue weighted by atomic mass is 10.1. The van der Waals surface area contributed by atoms with E-state index in [1.165, 1.54) is 17.9 Å². The van der Waals surface area contributed by atoms with Crippen molar-refractivity contribution in [1.82, 2.24) is 4.37 Å². The number of rotatable bonds is 4. The third kappa shape index (κ3) is 2.77. The zero-order valence-corrected chi connectivity index (χ0v) is 9.84. The highest BCUT2D eigenvalue weighted by molar-refractivity contribution is 7.10. The molecule has 0 saturated carbocycles. The van der Waals surface area contributed by atoms with Crippen LogP contribution >= 0.6 is 11.5 Å². The van der Waals surface area contributed by atoms with Crippen molar-refractivity contribution in [2.75, 3.05) is 6.61 Å². The van der Waals surface area contributed by atoms with Crippen LogP contribution in [0.3, 0.4) is 0 Å². The summed E-state index contributed by atoms with van der Waals surface area (Å²) in [5.74, 6) is 0.243. The molecule has 0 unspecified atom stereocenters. The minimum atomic E-state index is 0.243. The summed E-state index contributed by atoms with van der Waals surface area (Å²) in [5, 5.41) is 9.62. The molecule has 0 aliphatic rings. The Bertz CT molecular complexity index is 390. The second kappa shape index (κ2) is 5.47. The zero-order valence-electron chi connectivity index (χ0n) is 9.02. The van der Waals surface area contributed by atoms with Crippen molar-refractivity contribution in [2.45, 2.75) is 26.7 Å². The zero-order chi connectivity index (χ0) is 11.3. The van der Waals surface area contributed by atoms with E-state index in [4.69, 9.17) is 10.00 Å². The highest BCUT2D eigenvalue weighted by Crippen LogP contribution is 2.30. The molecule has 4 nitrogen and oxygen atoms in total. The number of nitriles is 1. The molecule has 5 heteroatoms. The van der Waals surface area contributed by atoms with E-state index >= 15 is 0 Å². The Morgan fingerprint density at radius 1 is 1.67 bits per heavy atom. The Morgan fingerprint density at radius 3 is 2.93 bits per heavy atom. The monoisotopic (exact) mass is 223 g/mol. The lowest BCUT2D eigenvalue weighted by Gasteiger charge is -1.98. The molecule has 15 heavy (non-hydrogen) atoms. The lowest BCUT2D eigenvalue weighted by molar-refractivity contribution is 0.344. The molecule has 0 aliphatic carbocycles. The Balaban J connectivity index is 2.95. The standard InChI is InChI=1S/C10H13N3OS/c1-4-14-6-12-10-8(5-11)9(7(2)3)13-15-10/h6-7H,4H2,1-3H3/b12-6+. The quantitative estimate of drug-likeness (QED) is 0.582. The van der Waals surface area contributed by atoms with Crippen LogP contribution in [0, 0.1) is 11.3 Å². The van der Waals surface area contributed by atoms with Crippen LogP contribution in [-0.2, 0) is 4.74 Å². The molecule has 1 rings (SSSR count). The Hall–Kier alpha value is -1.41. The molecule has 80 valence electrons. The van der Waals surface area contributed by atoms with Crippen molar-refractivity contribution in [1.29, 1.82) is 5.26 Å². The minimum absolute atomic E-state index is 0.243. The molecule has 0 bridgehead atoms. The number of aliphatic imine (C=N–C) groups is 1. The van der Waals surface area contributed by atoms with Gasteiger partial charge in [-0.15, -0.1) is 0 Å². The Labute approximate surface area is 93.4 Å². The largest absolute Gasteiger partial charge is 0.483 e. The second-order valence-electron chi connectivity index (χ2n) is 3.20. The molecule has 0 N–H and O–H groups in total. The minimum Gasteiger partial charge on any atom is -0.483 e. The number of aromatic nitrogens is 1. The smallest absolute Gasteiger partial charge is 0.175 e. The summed E-state index contributed by atoms with van der Waals surface area (Å²) in [5.41, 5.74) is 1.37. The number of ether oxygens (including phenoxy) is 1. The van der Waals surface area contributed by atoms with Gasteiger partial charge < -0.3 is 4.74 Å². The van der Waals surface area contributed by atoms with Gasteiger partial charge in [0.1, 0.15) is 11.6 Å². The normalized spacial score (nSPS) is 10.9. The highest BCUT2D eigenvalue weighted by Gasteiger charge is 2.15. The fraction of sp³-hybridized carbons (Fsp3) is 0.500. The molecule has 1 aromatic rings. The molecule has 0 saturated heterocycles. The average molecular weight is 223 g/mol. The van der Waals surface area contributed by atoms with E-state index < -0.39 is 0 Å². The van der Waals surface area contributed by atoms with Gasteiger partial charge in [0, 0.05) is 0 Å². The number of nitrogens with zero attached hydrogens (tertiary/aromatic N) is 3. The summed E-state index contributed by atoms with van der Waals surface area (Å²) in [6, 6.07) is 2.13. The van der Waals surface area contributed by atoms with Crippen molar-refractivity contribution < 1.29 is 4.74 Å². The average Bonchev–Trinajstić information content (AvgIpc) is 2.61. The summed E-state index contributed by atoms with van der Waals surface area (Å²) in [6.45, 7) is 6.46. The van der Waals surface area contributed by atoms with Crippen LogP contribution in [-0.4, -0.2) is 17.4 Å². The van der Waals surface area contributed by atoms with Gasteiger partial charge in [0.2, 0.25) is 0 Å². The van der Waals surface area contributed by atoms with Crippen molar-refractivity contribution in [3.05, 3.63) is 11.3 Å². The van der Waals surface area contributed by atoms with E-state index in [1.807, 2.05) is 20.8 Å². The van der Waals surface area contributed by atoms with Gasteiger partial charge in [-0.05, 0) is 24.4 Å². The van der Waals surface area contributed by atoms with Gasteiger partial charge in [0.05, 0.1) is 12.3 Å². The molecule has 1 heterocycles. The Kier molecular flexibility index (Phi) is 4.25. The van der Waals surface area contributed by atoms with E-state index in [1.54, 1.807) is 0 Å². The first kappa shape index (κ1) is 11.7. The SMILES string of the molecule is CCO/C=N/c1snc(C(C)C)c1C#N. The summed E-state index contributed by atoms with van der Waals surface area (Å²) in [6.07, 6.45) is 1.36. The molecule has 0 amide bonds. The van der Waals surface area contributed by atoms with Gasteiger partial charge in [-0.25, -0.2) is 4.99 Å². The fourth-order valence-electron chi connectivity index (χ4n) is 1.04. The predicted octanol–water partition coefficient (Wildman–Crippen LogP) is 2.83. The second-order valence-corrected chi connectivity index (χ2v) is 3.96. The van der Waals surface area contributed by atoms with Crippen molar-refractivity contribution in [3.8, 4) is 6.07 Å². The first-order chi connectivity index (χ1) is 7.20. The van der Waals surface area contributed by atoms with Gasteiger partial charge in [0.15, 0.2) is 11.4 Å². The summed E-state index contributed by atoms with van der Waals surface area (Å²) in [4.78, 5) is 4.06. The van der Waals surface area contributed by atoms with Crippen molar-refractivity contribution in [2.24, 2.45) is 4.99 Å². The van der Waals surface area contributed by atoms with E-state index in [9.17, 15) is 0 Å². The van der Waals surface area contributed by atoms with Gasteiger partial charge in [-0.3, -0.25) is 0 Å². The topological polar surface area (TPSA) is 58.3 Å². The predicted molar refractivity (Wildman–Crippen MR) is 60.7 cm³/mol. The highest BCUT2D eigenvalue weighted by atomic mass is 32.1. The summed E-state index contributed by atoms with van der Waals surface area (Å²) < 4.78 is 9.20. The van der Waals surface area contributed by atoms with Gasteiger partial charge in [-0.2, -0.15) is 9.64 Å². The van der Waals surface area contributed by atoms with E-state index in [0.29, 0.717) is 17.2 Å². The first-order valence-corrected chi connectivity index (χ1v) is 5.51. The molecule has 0 radical (unpaired) electrons. The molecule has 0 aromatic carbocycles. The van der Waals surface area contributed by atoms with Crippen LogP contribution in [0.15, 0.2) is 4.99 Å². The number of hydrogen-bond acceptors (Lipinski definition) is 5. The number of hydrogen-bond donors (Lipinski definition) is 0. The van der Waals surface area contributed by atoms with E-state index in [2.05, 4.69) is 15.4 Å². The molecule has 0 atom stereocenters. The van der Waals surface area contributed by atoms with E-state index in [0.717, 1.165) is 5.69 Å². The maximum atomic E-state index is 9.00. The first-order valence-electron chi connectivity index (χ1n) is 4.74. The molecule has 1 aromatic heterocycles. The molecule has 0 spiro atoms. The van der Waals surface area contributed by atoms with Crippen LogP contribution < -0.4 is 0 Å². The van der Waals surface area contributed by atoms with Crippen LogP contribution in [0.1, 0.15) is 37.9 Å². The van der Waals surface area contributed by atoms with Crippen molar-refractivity contribution >= 4 is 22.9 Å². The van der Waals surface area contributed by atoms with E-state index in [-0.39, 0.29) is 5.92 Å². The molecule has 0 aliphatic heterocycles. The van der Waals surface area contributed by atoms with Crippen LogP contribution in [0.25, 0.3) is 0 Å². The molecule has 0 fully saturated rings. The third-order valence-electron chi connectivity index (χ3n) is 1.77. The van der Waals surface area contributed by atoms with Gasteiger partial charge in [-0.1, -0.05) is 13.8 Å². The fourth-order valence-corrected chi connectivity index (χ4v) is 1.86. The van der Waals surface area contributed by atoms with Crippen LogP contribution in [0.2, 0.25) is 0 Å². The van der Waals surface area contributed by atoms with Gasteiger partial charge >= 0.3 is 0 Å². The maximum Gasteiger partial charge on any atom is 0.175 e. The maximum absolute atomic E-state index is 9.00. The van der Waals surface area contributed by atoms with Crippen molar-refractivity contribution in [3.63, 3.8) is 0 Å². The van der Waals surface area contributed by atoms with Gasteiger partial charge in [0.25, 0.3) is 0 Å². The molecular weight excluding hydrogens is 210 g/mol.